The van der Waals surface area contributed by atoms with Crippen LogP contribution in [0.15, 0.2) is 53.0 Å². The van der Waals surface area contributed by atoms with Crippen LogP contribution in [-0.4, -0.2) is 6.10 Å². The summed E-state index contributed by atoms with van der Waals surface area (Å²) in [6.07, 6.45) is -2.99. The Morgan fingerprint density at radius 1 is 1.23 bits per heavy atom. The first-order valence-electron chi connectivity index (χ1n) is 8.11. The summed E-state index contributed by atoms with van der Waals surface area (Å²) in [6.45, 7) is 3.56. The van der Waals surface area contributed by atoms with Crippen LogP contribution in [0.1, 0.15) is 31.4 Å². The molecule has 4 nitrogen and oxygen atoms in total. The Bertz CT molecular complexity index is 875. The summed E-state index contributed by atoms with van der Waals surface area (Å²) in [7, 11) is 0. The molecule has 0 aliphatic carbocycles. The van der Waals surface area contributed by atoms with Crippen molar-refractivity contribution in [1.29, 1.82) is 5.26 Å². The Labute approximate surface area is 149 Å². The largest absolute Gasteiger partial charge is 0.489 e. The molecule has 3 rings (SSSR count). The number of nitrogens with zero attached hydrogens (tertiary/aromatic N) is 1. The highest BCUT2D eigenvalue weighted by molar-refractivity contribution is 5.65. The van der Waals surface area contributed by atoms with E-state index in [-0.39, 0.29) is 11.3 Å². The molecule has 1 aromatic carbocycles. The van der Waals surface area contributed by atoms with Crippen LogP contribution >= 0.6 is 0 Å². The first-order chi connectivity index (χ1) is 12.2. The second-order valence-corrected chi connectivity index (χ2v) is 6.34. The van der Waals surface area contributed by atoms with E-state index in [1.165, 1.54) is 18.2 Å². The van der Waals surface area contributed by atoms with E-state index in [2.05, 4.69) is 11.4 Å². The van der Waals surface area contributed by atoms with Gasteiger partial charge in [-0.05, 0) is 26.0 Å². The number of hydrogen-bond acceptors (Lipinski definition) is 4. The van der Waals surface area contributed by atoms with Gasteiger partial charge in [0.15, 0.2) is 0 Å². The predicted molar refractivity (Wildman–Crippen MR) is 90.7 cm³/mol. The lowest BCUT2D eigenvalue weighted by atomic mass is 9.85. The van der Waals surface area contributed by atoms with Gasteiger partial charge in [-0.1, -0.05) is 18.2 Å². The predicted octanol–water partition coefficient (Wildman–Crippen LogP) is 4.04. The normalized spacial score (nSPS) is 23.3. The molecule has 0 amide bonds. The fraction of sp³-hybridized carbons (Fsp3) is 0.316. The Hall–Kier alpha value is -2.88. The smallest absolute Gasteiger partial charge is 0.417 e. The van der Waals surface area contributed by atoms with Crippen molar-refractivity contribution in [3.05, 3.63) is 64.1 Å². The van der Waals surface area contributed by atoms with Crippen molar-refractivity contribution in [1.82, 2.24) is 5.32 Å². The molecule has 3 N–H and O–H groups in total. The molecule has 2 heterocycles. The maximum absolute atomic E-state index is 13.3. The molecule has 136 valence electrons. The summed E-state index contributed by atoms with van der Waals surface area (Å²) in [4.78, 5) is 0. The number of nitriles is 1. The molecule has 2 unspecified atom stereocenters. The van der Waals surface area contributed by atoms with Gasteiger partial charge < -0.3 is 15.8 Å². The Kier molecular flexibility index (Phi) is 4.45. The topological polar surface area (TPSA) is 71.1 Å². The van der Waals surface area contributed by atoms with Crippen LogP contribution in [0.2, 0.25) is 0 Å². The number of nitrogens with two attached hydrogens (primary N) is 1. The number of nitrogens with one attached hydrogen (secondary N) is 1. The number of rotatable bonds is 2. The van der Waals surface area contributed by atoms with Crippen molar-refractivity contribution < 1.29 is 17.9 Å². The number of halogens is 3. The van der Waals surface area contributed by atoms with Gasteiger partial charge in [0.1, 0.15) is 11.9 Å². The Morgan fingerprint density at radius 3 is 2.58 bits per heavy atom. The van der Waals surface area contributed by atoms with Gasteiger partial charge in [-0.2, -0.15) is 18.4 Å². The maximum Gasteiger partial charge on any atom is 0.417 e. The molecule has 26 heavy (non-hydrogen) atoms. The summed E-state index contributed by atoms with van der Waals surface area (Å²) in [5.41, 5.74) is 7.72. The van der Waals surface area contributed by atoms with Gasteiger partial charge in [-0.25, -0.2) is 0 Å². The van der Waals surface area contributed by atoms with Crippen molar-refractivity contribution >= 4 is 5.76 Å². The minimum absolute atomic E-state index is 0.00471. The lowest BCUT2D eigenvalue weighted by Gasteiger charge is -2.31. The van der Waals surface area contributed by atoms with E-state index < -0.39 is 23.8 Å². The number of dihydropyridines is 1. The number of ether oxygens (including phenoxy) is 1. The van der Waals surface area contributed by atoms with Crippen LogP contribution in [-0.2, 0) is 10.9 Å². The van der Waals surface area contributed by atoms with E-state index >= 15 is 0 Å². The Morgan fingerprint density at radius 2 is 1.92 bits per heavy atom. The third-order valence-electron chi connectivity index (χ3n) is 4.66. The van der Waals surface area contributed by atoms with Crippen LogP contribution in [0, 0.1) is 17.2 Å². The number of allylic oxidation sites excluding steroid dienone is 2. The molecule has 0 bridgehead atoms. The molecule has 0 spiro atoms. The van der Waals surface area contributed by atoms with E-state index in [9.17, 15) is 18.4 Å². The van der Waals surface area contributed by atoms with E-state index in [0.29, 0.717) is 23.4 Å². The van der Waals surface area contributed by atoms with Crippen molar-refractivity contribution in [3.63, 3.8) is 0 Å². The molecule has 0 radical (unpaired) electrons. The summed E-state index contributed by atoms with van der Waals surface area (Å²) < 4.78 is 45.7. The van der Waals surface area contributed by atoms with Gasteiger partial charge in [-0.15, -0.1) is 0 Å². The quantitative estimate of drug-likeness (QED) is 0.834. The van der Waals surface area contributed by atoms with E-state index in [0.717, 1.165) is 11.8 Å². The minimum Gasteiger partial charge on any atom is -0.489 e. The minimum atomic E-state index is -4.47. The lowest BCUT2D eigenvalue weighted by Crippen LogP contribution is -2.35. The SMILES string of the molecule is CC1=C(N)C(C2CC=C(c3ccccc3C(F)(F)F)O2)C(C#N)=C(C)N1. The first kappa shape index (κ1) is 17.9. The number of hydrogen-bond donors (Lipinski definition) is 2. The average Bonchev–Trinajstić information content (AvgIpc) is 3.06. The standard InChI is InChI=1S/C19H18F3N3O/c1-10-13(9-23)17(18(24)11(2)25-10)16-8-7-15(26-16)12-5-3-4-6-14(12)19(20,21)22/h3-7,16-17,25H,8,24H2,1-2H3. The van der Waals surface area contributed by atoms with Crippen LogP contribution in [0.4, 0.5) is 13.2 Å². The molecule has 7 heteroatoms. The molecule has 2 aliphatic rings. The van der Waals surface area contributed by atoms with Crippen LogP contribution in [0.3, 0.4) is 0 Å². The first-order valence-corrected chi connectivity index (χ1v) is 8.11. The summed E-state index contributed by atoms with van der Waals surface area (Å²) >= 11 is 0. The molecular weight excluding hydrogens is 343 g/mol. The zero-order chi connectivity index (χ0) is 19.1. The zero-order valence-electron chi connectivity index (χ0n) is 14.3. The van der Waals surface area contributed by atoms with Gasteiger partial charge in [0.05, 0.1) is 23.1 Å². The second kappa shape index (κ2) is 6.45. The van der Waals surface area contributed by atoms with E-state index in [1.807, 2.05) is 0 Å². The number of alkyl halides is 3. The van der Waals surface area contributed by atoms with Gasteiger partial charge >= 0.3 is 6.18 Å². The van der Waals surface area contributed by atoms with Crippen molar-refractivity contribution in [3.8, 4) is 6.07 Å². The van der Waals surface area contributed by atoms with Crippen molar-refractivity contribution in [2.45, 2.75) is 32.5 Å². The highest BCUT2D eigenvalue weighted by Gasteiger charge is 2.39. The highest BCUT2D eigenvalue weighted by atomic mass is 19.4. The monoisotopic (exact) mass is 361 g/mol. The molecule has 0 saturated heterocycles. The molecule has 0 aromatic heterocycles. The van der Waals surface area contributed by atoms with Crippen LogP contribution in [0.5, 0.6) is 0 Å². The lowest BCUT2D eigenvalue weighted by molar-refractivity contribution is -0.138. The van der Waals surface area contributed by atoms with Crippen molar-refractivity contribution in [2.75, 3.05) is 0 Å². The van der Waals surface area contributed by atoms with Gasteiger partial charge in [0.2, 0.25) is 0 Å². The molecular formula is C19H18F3N3O. The Balaban J connectivity index is 1.92. The van der Waals surface area contributed by atoms with E-state index in [4.69, 9.17) is 10.5 Å². The molecule has 0 fully saturated rings. The van der Waals surface area contributed by atoms with Gasteiger partial charge in [-0.3, -0.25) is 0 Å². The molecule has 0 saturated carbocycles. The third kappa shape index (κ3) is 3.03. The fourth-order valence-electron chi connectivity index (χ4n) is 3.39. The van der Waals surface area contributed by atoms with Gasteiger partial charge in [0, 0.05) is 29.1 Å². The molecule has 2 aliphatic heterocycles. The van der Waals surface area contributed by atoms with Gasteiger partial charge in [0.25, 0.3) is 0 Å². The average molecular weight is 361 g/mol. The zero-order valence-corrected chi connectivity index (χ0v) is 14.3. The van der Waals surface area contributed by atoms with Crippen LogP contribution in [0.25, 0.3) is 5.76 Å². The summed E-state index contributed by atoms with van der Waals surface area (Å²) in [5, 5.41) is 12.5. The fourth-order valence-corrected chi connectivity index (χ4v) is 3.39. The molecule has 2 atom stereocenters. The summed E-state index contributed by atoms with van der Waals surface area (Å²) in [6, 6.07) is 7.44. The molecule has 1 aromatic rings. The van der Waals surface area contributed by atoms with Crippen LogP contribution < -0.4 is 11.1 Å². The highest BCUT2D eigenvalue weighted by Crippen LogP contribution is 2.41. The third-order valence-corrected chi connectivity index (χ3v) is 4.66. The maximum atomic E-state index is 13.3. The second-order valence-electron chi connectivity index (χ2n) is 6.34. The van der Waals surface area contributed by atoms with E-state index in [1.54, 1.807) is 19.9 Å². The van der Waals surface area contributed by atoms with Crippen molar-refractivity contribution in [2.24, 2.45) is 11.7 Å². The number of benzene rings is 1. The summed E-state index contributed by atoms with van der Waals surface area (Å²) in [5.74, 6) is -0.324.